The summed E-state index contributed by atoms with van der Waals surface area (Å²) in [6.07, 6.45) is 3.31. The third-order valence-electron chi connectivity index (χ3n) is 6.79. The summed E-state index contributed by atoms with van der Waals surface area (Å²) in [4.78, 5) is 2.49. The molecule has 1 aliphatic heterocycles. The summed E-state index contributed by atoms with van der Waals surface area (Å²) in [6.45, 7) is 5.25. The van der Waals surface area contributed by atoms with Crippen LogP contribution in [0.5, 0.6) is 17.2 Å². The Balaban J connectivity index is 1.52. The summed E-state index contributed by atoms with van der Waals surface area (Å²) in [6, 6.07) is 14.2. The third kappa shape index (κ3) is 3.88. The highest BCUT2D eigenvalue weighted by Crippen LogP contribution is 2.49. The second-order valence-electron chi connectivity index (χ2n) is 8.49. The summed E-state index contributed by atoms with van der Waals surface area (Å²) in [7, 11) is 3.36. The van der Waals surface area contributed by atoms with Crippen LogP contribution in [0.1, 0.15) is 37.3 Å². The van der Waals surface area contributed by atoms with Gasteiger partial charge in [0.2, 0.25) is 0 Å². The zero-order chi connectivity index (χ0) is 21.1. The van der Waals surface area contributed by atoms with Gasteiger partial charge < -0.3 is 19.3 Å². The van der Waals surface area contributed by atoms with E-state index in [1.807, 2.05) is 37.3 Å². The number of rotatable bonds is 7. The average molecular weight is 412 g/mol. The Kier molecular flexibility index (Phi) is 6.21. The van der Waals surface area contributed by atoms with Crippen LogP contribution < -0.4 is 14.2 Å². The lowest BCUT2D eigenvalue weighted by Gasteiger charge is -2.53. The van der Waals surface area contributed by atoms with E-state index in [0.717, 1.165) is 55.3 Å². The van der Waals surface area contributed by atoms with E-state index in [1.165, 1.54) is 12.0 Å². The summed E-state index contributed by atoms with van der Waals surface area (Å²) in [5.41, 5.74) is 1.49. The lowest BCUT2D eigenvalue weighted by atomic mass is 9.62. The zero-order valence-electron chi connectivity index (χ0n) is 18.3. The van der Waals surface area contributed by atoms with Crippen molar-refractivity contribution in [3.63, 3.8) is 0 Å². The highest BCUT2D eigenvalue weighted by molar-refractivity contribution is 5.43. The van der Waals surface area contributed by atoms with Gasteiger partial charge in [-0.15, -0.1) is 0 Å². The molecule has 4 rings (SSSR count). The predicted octanol–water partition coefficient (Wildman–Crippen LogP) is 4.22. The number of likely N-dealkylation sites (tertiary alicyclic amines) is 1. The largest absolute Gasteiger partial charge is 0.497 e. The molecular weight excluding hydrogens is 378 g/mol. The normalized spacial score (nSPS) is 26.3. The Morgan fingerprint density at radius 3 is 2.27 bits per heavy atom. The highest BCUT2D eigenvalue weighted by atomic mass is 16.5. The molecule has 1 N–H and O–H groups in total. The first-order valence-electron chi connectivity index (χ1n) is 11.0. The van der Waals surface area contributed by atoms with E-state index in [0.29, 0.717) is 6.61 Å². The van der Waals surface area contributed by atoms with Crippen molar-refractivity contribution in [1.82, 2.24) is 4.90 Å². The van der Waals surface area contributed by atoms with Crippen LogP contribution in [0, 0.1) is 11.8 Å². The molecular formula is C25H33NO4. The maximum absolute atomic E-state index is 11.8. The number of fused-ring (bicyclic) bond motifs is 2. The van der Waals surface area contributed by atoms with Crippen molar-refractivity contribution >= 4 is 0 Å². The van der Waals surface area contributed by atoms with Crippen molar-refractivity contribution in [2.45, 2.75) is 38.3 Å². The van der Waals surface area contributed by atoms with E-state index in [4.69, 9.17) is 14.2 Å². The number of ether oxygens (including phenoxy) is 3. The highest BCUT2D eigenvalue weighted by Gasteiger charge is 2.51. The summed E-state index contributed by atoms with van der Waals surface area (Å²) < 4.78 is 16.5. The number of nitrogens with zero attached hydrogens (tertiary/aromatic N) is 1. The molecule has 2 fully saturated rings. The number of aliphatic hydroxyl groups is 1. The van der Waals surface area contributed by atoms with Crippen molar-refractivity contribution in [2.75, 3.05) is 33.9 Å². The third-order valence-corrected chi connectivity index (χ3v) is 6.79. The molecule has 162 valence electrons. The molecule has 2 aromatic carbocycles. The molecule has 1 heterocycles. The van der Waals surface area contributed by atoms with Crippen molar-refractivity contribution < 1.29 is 19.3 Å². The summed E-state index contributed by atoms with van der Waals surface area (Å²) >= 11 is 0. The number of benzene rings is 2. The zero-order valence-corrected chi connectivity index (χ0v) is 18.3. The molecule has 2 aliphatic rings. The van der Waals surface area contributed by atoms with Gasteiger partial charge in [-0.25, -0.2) is 0 Å². The van der Waals surface area contributed by atoms with Gasteiger partial charge in [-0.3, -0.25) is 4.90 Å². The van der Waals surface area contributed by atoms with Crippen molar-refractivity contribution in [1.29, 1.82) is 0 Å². The molecule has 5 heteroatoms. The monoisotopic (exact) mass is 411 g/mol. The van der Waals surface area contributed by atoms with E-state index in [-0.39, 0.29) is 11.8 Å². The van der Waals surface area contributed by atoms with Crippen molar-refractivity contribution in [3.05, 3.63) is 53.6 Å². The molecule has 1 unspecified atom stereocenters. The van der Waals surface area contributed by atoms with Crippen LogP contribution in [-0.4, -0.2) is 43.9 Å². The second kappa shape index (κ2) is 8.86. The molecule has 5 nitrogen and oxygen atoms in total. The van der Waals surface area contributed by atoms with Gasteiger partial charge in [0, 0.05) is 31.5 Å². The van der Waals surface area contributed by atoms with Gasteiger partial charge in [0.05, 0.1) is 26.4 Å². The van der Waals surface area contributed by atoms with Crippen molar-refractivity contribution in [3.8, 4) is 17.2 Å². The lowest BCUT2D eigenvalue weighted by Crippen LogP contribution is -2.57. The van der Waals surface area contributed by atoms with E-state index < -0.39 is 5.60 Å². The van der Waals surface area contributed by atoms with Crippen LogP contribution in [0.25, 0.3) is 0 Å². The maximum Gasteiger partial charge on any atom is 0.161 e. The molecule has 30 heavy (non-hydrogen) atoms. The van der Waals surface area contributed by atoms with Gasteiger partial charge in [0.25, 0.3) is 0 Å². The number of hydrogen-bond donors (Lipinski definition) is 1. The number of hydrogen-bond acceptors (Lipinski definition) is 5. The fourth-order valence-corrected chi connectivity index (χ4v) is 5.34. The Bertz CT molecular complexity index is 837. The van der Waals surface area contributed by atoms with Crippen LogP contribution >= 0.6 is 0 Å². The molecule has 2 bridgehead atoms. The number of piperidine rings is 1. The first-order chi connectivity index (χ1) is 14.6. The Morgan fingerprint density at radius 1 is 0.967 bits per heavy atom. The number of methoxy groups -OCH3 is 2. The predicted molar refractivity (Wildman–Crippen MR) is 117 cm³/mol. The topological polar surface area (TPSA) is 51.2 Å². The Labute approximate surface area is 179 Å². The lowest BCUT2D eigenvalue weighted by molar-refractivity contribution is -0.148. The van der Waals surface area contributed by atoms with E-state index in [2.05, 4.69) is 17.0 Å². The summed E-state index contributed by atoms with van der Waals surface area (Å²) in [5.74, 6) is 2.87. The van der Waals surface area contributed by atoms with Crippen LogP contribution in [-0.2, 0) is 12.1 Å². The molecule has 1 aliphatic carbocycles. The first-order valence-corrected chi connectivity index (χ1v) is 11.0. The molecule has 3 atom stereocenters. The molecule has 0 aromatic heterocycles. The standard InChI is InChI=1S/C25H33NO4/c1-4-30-23-13-8-18(14-24(23)29-3)15-26-16-20-6-5-7-21(17-26)25(20,27)19-9-11-22(28-2)12-10-19/h8-14,20-21,27H,4-7,15-17H2,1-3H3/t20-,21+,25?. The van der Waals surface area contributed by atoms with Crippen molar-refractivity contribution in [2.24, 2.45) is 11.8 Å². The molecule has 2 aromatic rings. The van der Waals surface area contributed by atoms with Crippen LogP contribution in [0.3, 0.4) is 0 Å². The maximum atomic E-state index is 11.8. The molecule has 1 saturated carbocycles. The quantitative estimate of drug-likeness (QED) is 0.739. The molecule has 0 radical (unpaired) electrons. The van der Waals surface area contributed by atoms with Gasteiger partial charge in [-0.05, 0) is 55.2 Å². The van der Waals surface area contributed by atoms with Gasteiger partial charge in [-0.1, -0.05) is 24.6 Å². The summed E-state index contributed by atoms with van der Waals surface area (Å²) in [5, 5.41) is 11.8. The Morgan fingerprint density at radius 2 is 1.67 bits per heavy atom. The minimum absolute atomic E-state index is 0.239. The molecule has 1 saturated heterocycles. The fraction of sp³-hybridized carbons (Fsp3) is 0.520. The minimum Gasteiger partial charge on any atom is -0.497 e. The smallest absolute Gasteiger partial charge is 0.161 e. The minimum atomic E-state index is -0.752. The molecule has 0 amide bonds. The second-order valence-corrected chi connectivity index (χ2v) is 8.49. The van der Waals surface area contributed by atoms with Gasteiger partial charge in [0.15, 0.2) is 11.5 Å². The SMILES string of the molecule is CCOc1ccc(CN2C[C@H]3CCC[C@@H](C2)C3(O)c2ccc(OC)cc2)cc1OC. The van der Waals surface area contributed by atoms with Gasteiger partial charge in [-0.2, -0.15) is 0 Å². The van der Waals surface area contributed by atoms with Crippen LogP contribution in [0.15, 0.2) is 42.5 Å². The average Bonchev–Trinajstić information content (AvgIpc) is 2.75. The van der Waals surface area contributed by atoms with Crippen LogP contribution in [0.2, 0.25) is 0 Å². The van der Waals surface area contributed by atoms with E-state index >= 15 is 0 Å². The first kappa shape index (κ1) is 21.0. The fourth-order valence-electron chi connectivity index (χ4n) is 5.34. The van der Waals surface area contributed by atoms with Gasteiger partial charge in [0.1, 0.15) is 5.75 Å². The molecule has 0 spiro atoms. The van der Waals surface area contributed by atoms with E-state index in [1.54, 1.807) is 14.2 Å². The Hall–Kier alpha value is -2.24. The van der Waals surface area contributed by atoms with Gasteiger partial charge >= 0.3 is 0 Å². The van der Waals surface area contributed by atoms with Crippen LogP contribution in [0.4, 0.5) is 0 Å². The van der Waals surface area contributed by atoms with E-state index in [9.17, 15) is 5.11 Å².